The Hall–Kier alpha value is -2.92. The Morgan fingerprint density at radius 3 is 2.78 bits per heavy atom. The number of fused-ring (bicyclic) bond motifs is 1. The molecule has 0 aliphatic carbocycles. The molecule has 0 spiro atoms. The van der Waals surface area contributed by atoms with Crippen LogP contribution in [0.2, 0.25) is 0 Å². The van der Waals surface area contributed by atoms with Crippen molar-refractivity contribution in [2.75, 3.05) is 0 Å². The second kappa shape index (κ2) is 7.37. The van der Waals surface area contributed by atoms with Crippen LogP contribution in [0, 0.1) is 13.8 Å². The lowest BCUT2D eigenvalue weighted by atomic mass is 10.1. The maximum Gasteiger partial charge on any atom is 0.272 e. The average Bonchev–Trinajstić information content (AvgIpc) is 3.12. The third-order valence-corrected chi connectivity index (χ3v) is 5.14. The molecule has 2 heterocycles. The summed E-state index contributed by atoms with van der Waals surface area (Å²) in [7, 11) is 0. The van der Waals surface area contributed by atoms with Gasteiger partial charge in [-0.1, -0.05) is 48.5 Å². The van der Waals surface area contributed by atoms with E-state index >= 15 is 0 Å². The van der Waals surface area contributed by atoms with Crippen LogP contribution in [0.25, 0.3) is 0 Å². The zero-order valence-electron chi connectivity index (χ0n) is 15.6. The number of imidazole rings is 1. The second-order valence-corrected chi connectivity index (χ2v) is 7.00. The number of rotatable bonds is 4. The number of ether oxygens (including phenoxy) is 1. The maximum atomic E-state index is 12.6. The zero-order valence-corrected chi connectivity index (χ0v) is 15.6. The van der Waals surface area contributed by atoms with Crippen molar-refractivity contribution in [3.8, 4) is 0 Å². The van der Waals surface area contributed by atoms with Gasteiger partial charge in [0.1, 0.15) is 6.10 Å². The first-order valence-corrected chi connectivity index (χ1v) is 9.16. The number of carbonyl (C=O) groups is 1. The highest BCUT2D eigenvalue weighted by Crippen LogP contribution is 2.27. The minimum absolute atomic E-state index is 0.0145. The summed E-state index contributed by atoms with van der Waals surface area (Å²) in [4.78, 5) is 17.0. The number of hydrogen-bond acceptors (Lipinski definition) is 3. The van der Waals surface area contributed by atoms with Gasteiger partial charge in [0.15, 0.2) is 5.69 Å². The first-order chi connectivity index (χ1) is 13.1. The highest BCUT2D eigenvalue weighted by molar-refractivity contribution is 5.93. The molecule has 1 aliphatic rings. The van der Waals surface area contributed by atoms with Gasteiger partial charge < -0.3 is 14.6 Å². The molecule has 27 heavy (non-hydrogen) atoms. The fourth-order valence-electron chi connectivity index (χ4n) is 3.37. The van der Waals surface area contributed by atoms with Gasteiger partial charge in [-0.3, -0.25) is 4.79 Å². The molecule has 1 atom stereocenters. The van der Waals surface area contributed by atoms with Gasteiger partial charge in [0, 0.05) is 6.54 Å². The summed E-state index contributed by atoms with van der Waals surface area (Å²) in [5.41, 5.74) is 5.97. The molecular formula is C22H23N3O2. The fraction of sp³-hybridized carbons (Fsp3) is 0.273. The number of aromatic nitrogens is 2. The molecule has 1 unspecified atom stereocenters. The molecule has 0 bridgehead atoms. The van der Waals surface area contributed by atoms with E-state index in [1.807, 2.05) is 28.8 Å². The number of hydrogen-bond donors (Lipinski definition) is 1. The molecule has 5 nitrogen and oxygen atoms in total. The molecule has 3 aromatic rings. The van der Waals surface area contributed by atoms with Gasteiger partial charge in [-0.25, -0.2) is 4.98 Å². The first kappa shape index (κ1) is 17.5. The SMILES string of the molecule is Cc1ccc(CNC(=O)c2ncn3c2COC(c2ccccc2)C3)cc1C. The molecule has 1 amide bonds. The Bertz CT molecular complexity index is 963. The monoisotopic (exact) mass is 361 g/mol. The van der Waals surface area contributed by atoms with E-state index in [-0.39, 0.29) is 12.0 Å². The number of nitrogens with zero attached hydrogens (tertiary/aromatic N) is 2. The number of nitrogens with one attached hydrogen (secondary N) is 1. The lowest BCUT2D eigenvalue weighted by Crippen LogP contribution is -2.27. The molecule has 5 heteroatoms. The van der Waals surface area contributed by atoms with Crippen molar-refractivity contribution in [3.05, 3.63) is 88.5 Å². The van der Waals surface area contributed by atoms with Crippen molar-refractivity contribution in [1.82, 2.24) is 14.9 Å². The van der Waals surface area contributed by atoms with Gasteiger partial charge in [0.05, 0.1) is 25.2 Å². The summed E-state index contributed by atoms with van der Waals surface area (Å²) in [5, 5.41) is 2.97. The largest absolute Gasteiger partial charge is 0.365 e. The van der Waals surface area contributed by atoms with Crippen LogP contribution in [-0.4, -0.2) is 15.5 Å². The van der Waals surface area contributed by atoms with Gasteiger partial charge in [-0.2, -0.15) is 0 Å². The van der Waals surface area contributed by atoms with Crippen LogP contribution in [0.4, 0.5) is 0 Å². The molecule has 0 saturated carbocycles. The lowest BCUT2D eigenvalue weighted by molar-refractivity contribution is 0.00257. The molecule has 0 radical (unpaired) electrons. The number of amides is 1. The van der Waals surface area contributed by atoms with Gasteiger partial charge in [0.25, 0.3) is 5.91 Å². The van der Waals surface area contributed by atoms with Crippen molar-refractivity contribution in [2.45, 2.75) is 39.6 Å². The van der Waals surface area contributed by atoms with Gasteiger partial charge in [0.2, 0.25) is 0 Å². The van der Waals surface area contributed by atoms with Crippen LogP contribution in [0.5, 0.6) is 0 Å². The Morgan fingerprint density at radius 1 is 1.19 bits per heavy atom. The predicted octanol–water partition coefficient (Wildman–Crippen LogP) is 3.70. The minimum Gasteiger partial charge on any atom is -0.365 e. The molecule has 0 fully saturated rings. The standard InChI is InChI=1S/C22H23N3O2/c1-15-8-9-17(10-16(15)2)11-23-22(26)21-19-13-27-20(12-25(19)14-24-21)18-6-4-3-5-7-18/h3-10,14,20H,11-13H2,1-2H3,(H,23,26). The van der Waals surface area contributed by atoms with Crippen LogP contribution in [0.15, 0.2) is 54.9 Å². The summed E-state index contributed by atoms with van der Waals surface area (Å²) in [6.45, 7) is 5.69. The number of benzene rings is 2. The van der Waals surface area contributed by atoms with Crippen LogP contribution in [0.1, 0.15) is 44.5 Å². The molecule has 1 aromatic heterocycles. The third-order valence-electron chi connectivity index (χ3n) is 5.14. The van der Waals surface area contributed by atoms with Crippen LogP contribution in [-0.2, 0) is 24.4 Å². The van der Waals surface area contributed by atoms with Crippen LogP contribution < -0.4 is 5.32 Å². The molecule has 0 saturated heterocycles. The molecule has 138 valence electrons. The van der Waals surface area contributed by atoms with Gasteiger partial charge >= 0.3 is 0 Å². The van der Waals surface area contributed by atoms with Crippen LogP contribution in [0.3, 0.4) is 0 Å². The van der Waals surface area contributed by atoms with Gasteiger partial charge in [-0.05, 0) is 36.1 Å². The quantitative estimate of drug-likeness (QED) is 0.771. The Balaban J connectivity index is 1.44. The van der Waals surface area contributed by atoms with Gasteiger partial charge in [-0.15, -0.1) is 0 Å². The maximum absolute atomic E-state index is 12.6. The first-order valence-electron chi connectivity index (χ1n) is 9.16. The normalized spacial score (nSPS) is 16.0. The molecule has 1 N–H and O–H groups in total. The Labute approximate surface area is 159 Å². The average molecular weight is 361 g/mol. The summed E-state index contributed by atoms with van der Waals surface area (Å²) in [6.07, 6.45) is 1.72. The number of aryl methyl sites for hydroxylation is 2. The fourth-order valence-corrected chi connectivity index (χ4v) is 3.37. The highest BCUT2D eigenvalue weighted by atomic mass is 16.5. The van der Waals surface area contributed by atoms with E-state index in [0.717, 1.165) is 16.8 Å². The summed E-state index contributed by atoms with van der Waals surface area (Å²) >= 11 is 0. The molecular weight excluding hydrogens is 338 g/mol. The Morgan fingerprint density at radius 2 is 2.00 bits per heavy atom. The van der Waals surface area contributed by atoms with Crippen LogP contribution >= 0.6 is 0 Å². The summed E-state index contributed by atoms with van der Waals surface area (Å²) in [6, 6.07) is 16.3. The summed E-state index contributed by atoms with van der Waals surface area (Å²) in [5.74, 6) is -0.163. The van der Waals surface area contributed by atoms with Crippen molar-refractivity contribution in [1.29, 1.82) is 0 Å². The minimum atomic E-state index is -0.163. The lowest BCUT2D eigenvalue weighted by Gasteiger charge is -2.25. The third kappa shape index (κ3) is 3.64. The Kier molecular flexibility index (Phi) is 4.77. The smallest absolute Gasteiger partial charge is 0.272 e. The zero-order chi connectivity index (χ0) is 18.8. The summed E-state index contributed by atoms with van der Waals surface area (Å²) < 4.78 is 8.01. The van der Waals surface area contributed by atoms with Crippen molar-refractivity contribution in [2.24, 2.45) is 0 Å². The van der Waals surface area contributed by atoms with E-state index in [2.05, 4.69) is 48.4 Å². The molecule has 4 rings (SSSR count). The number of carbonyl (C=O) groups excluding carboxylic acids is 1. The van der Waals surface area contributed by atoms with E-state index in [1.165, 1.54) is 11.1 Å². The molecule has 2 aromatic carbocycles. The van der Waals surface area contributed by atoms with E-state index in [0.29, 0.717) is 25.4 Å². The van der Waals surface area contributed by atoms with Crippen molar-refractivity contribution in [3.63, 3.8) is 0 Å². The van der Waals surface area contributed by atoms with Crippen molar-refractivity contribution >= 4 is 5.91 Å². The predicted molar refractivity (Wildman–Crippen MR) is 103 cm³/mol. The van der Waals surface area contributed by atoms with E-state index in [9.17, 15) is 4.79 Å². The molecule has 1 aliphatic heterocycles. The van der Waals surface area contributed by atoms with E-state index in [1.54, 1.807) is 6.33 Å². The highest BCUT2D eigenvalue weighted by Gasteiger charge is 2.26. The van der Waals surface area contributed by atoms with E-state index in [4.69, 9.17) is 4.74 Å². The topological polar surface area (TPSA) is 56.2 Å². The van der Waals surface area contributed by atoms with Crippen molar-refractivity contribution < 1.29 is 9.53 Å². The van der Waals surface area contributed by atoms with E-state index < -0.39 is 0 Å². The second-order valence-electron chi connectivity index (χ2n) is 7.00.